The van der Waals surface area contributed by atoms with E-state index in [9.17, 15) is 18.4 Å². The second-order valence-electron chi connectivity index (χ2n) is 6.01. The molecule has 0 spiro atoms. The highest BCUT2D eigenvalue weighted by Gasteiger charge is 2.29. The SMILES string of the molecule is NC(=O)c1ccc(Cl)c(-c2cccc(NC(=O)C3CC(F)CN3)c2F)c1. The van der Waals surface area contributed by atoms with Crippen LogP contribution in [-0.2, 0) is 4.79 Å². The van der Waals surface area contributed by atoms with Crippen molar-refractivity contribution >= 4 is 29.1 Å². The average molecular weight is 380 g/mol. The lowest BCUT2D eigenvalue weighted by Gasteiger charge is -2.14. The Hall–Kier alpha value is -2.51. The molecule has 0 radical (unpaired) electrons. The van der Waals surface area contributed by atoms with Gasteiger partial charge in [0.05, 0.1) is 11.7 Å². The lowest BCUT2D eigenvalue weighted by atomic mass is 10.0. The predicted octanol–water partition coefficient (Wildman–Crippen LogP) is 2.88. The predicted molar refractivity (Wildman–Crippen MR) is 95.3 cm³/mol. The number of halogens is 3. The molecule has 1 heterocycles. The van der Waals surface area contributed by atoms with Crippen molar-refractivity contribution in [3.63, 3.8) is 0 Å². The van der Waals surface area contributed by atoms with Gasteiger partial charge in [-0.15, -0.1) is 0 Å². The van der Waals surface area contributed by atoms with E-state index in [-0.39, 0.29) is 40.4 Å². The van der Waals surface area contributed by atoms with E-state index >= 15 is 0 Å². The third-order valence-electron chi connectivity index (χ3n) is 4.19. The maximum absolute atomic E-state index is 14.9. The minimum atomic E-state index is -1.10. The largest absolute Gasteiger partial charge is 0.366 e. The Bertz CT molecular complexity index is 876. The first-order valence-corrected chi connectivity index (χ1v) is 8.31. The van der Waals surface area contributed by atoms with Gasteiger partial charge in [0.2, 0.25) is 11.8 Å². The Morgan fingerprint density at radius 3 is 2.65 bits per heavy atom. The summed E-state index contributed by atoms with van der Waals surface area (Å²) >= 11 is 6.13. The van der Waals surface area contributed by atoms with E-state index in [4.69, 9.17) is 17.3 Å². The Morgan fingerprint density at radius 1 is 1.23 bits per heavy atom. The lowest BCUT2D eigenvalue weighted by Crippen LogP contribution is -2.35. The van der Waals surface area contributed by atoms with Crippen molar-refractivity contribution in [2.24, 2.45) is 5.73 Å². The molecule has 3 rings (SSSR count). The topological polar surface area (TPSA) is 84.2 Å². The van der Waals surface area contributed by atoms with Crippen molar-refractivity contribution < 1.29 is 18.4 Å². The summed E-state index contributed by atoms with van der Waals surface area (Å²) in [5.41, 5.74) is 5.77. The highest BCUT2D eigenvalue weighted by Crippen LogP contribution is 2.33. The molecule has 2 aromatic carbocycles. The molecule has 1 aliphatic heterocycles. The number of hydrogen-bond acceptors (Lipinski definition) is 3. The third-order valence-corrected chi connectivity index (χ3v) is 4.52. The van der Waals surface area contributed by atoms with Crippen LogP contribution in [-0.4, -0.2) is 30.6 Å². The van der Waals surface area contributed by atoms with Crippen LogP contribution in [0, 0.1) is 5.82 Å². The summed E-state index contributed by atoms with van der Waals surface area (Å²) in [5.74, 6) is -1.89. The number of nitrogens with one attached hydrogen (secondary N) is 2. The quantitative estimate of drug-likeness (QED) is 0.763. The Labute approximate surface area is 153 Å². The van der Waals surface area contributed by atoms with Gasteiger partial charge in [-0.2, -0.15) is 0 Å². The first kappa shape index (κ1) is 18.3. The van der Waals surface area contributed by atoms with Gasteiger partial charge in [-0.25, -0.2) is 8.78 Å². The zero-order valence-corrected chi connectivity index (χ0v) is 14.3. The number of alkyl halides is 1. The van der Waals surface area contributed by atoms with Gasteiger partial charge in [0.1, 0.15) is 6.17 Å². The molecule has 2 aromatic rings. The van der Waals surface area contributed by atoms with Crippen LogP contribution in [0.25, 0.3) is 11.1 Å². The Kier molecular flexibility index (Phi) is 5.20. The number of hydrogen-bond donors (Lipinski definition) is 3. The summed E-state index contributed by atoms with van der Waals surface area (Å²) in [6.07, 6.45) is -1.06. The molecule has 8 heteroatoms. The molecule has 0 bridgehead atoms. The summed E-state index contributed by atoms with van der Waals surface area (Å²) in [6, 6.07) is 7.98. The van der Waals surface area contributed by atoms with Gasteiger partial charge in [-0.3, -0.25) is 9.59 Å². The highest BCUT2D eigenvalue weighted by atomic mass is 35.5. The molecule has 1 aliphatic rings. The molecule has 0 aliphatic carbocycles. The molecule has 136 valence electrons. The first-order chi connectivity index (χ1) is 12.4. The van der Waals surface area contributed by atoms with Crippen LogP contribution in [0.2, 0.25) is 5.02 Å². The fourth-order valence-corrected chi connectivity index (χ4v) is 3.05. The summed E-state index contributed by atoms with van der Waals surface area (Å²) in [6.45, 7) is 0.0934. The molecule has 1 saturated heterocycles. The van der Waals surface area contributed by atoms with Gasteiger partial charge in [0, 0.05) is 34.7 Å². The standard InChI is InChI=1S/C18H16ClF2N3O2/c19-13-5-4-9(17(22)25)6-12(13)11-2-1-3-14(16(11)21)24-18(26)15-7-10(20)8-23-15/h1-6,10,15,23H,7-8H2,(H2,22,25)(H,24,26). The molecule has 2 unspecified atom stereocenters. The van der Waals surface area contributed by atoms with Crippen molar-refractivity contribution in [2.75, 3.05) is 11.9 Å². The van der Waals surface area contributed by atoms with E-state index in [0.29, 0.717) is 0 Å². The molecular formula is C18H16ClF2N3O2. The summed E-state index contributed by atoms with van der Waals surface area (Å²) in [7, 11) is 0. The Balaban J connectivity index is 1.92. The summed E-state index contributed by atoms with van der Waals surface area (Å²) in [5, 5.41) is 5.43. The van der Waals surface area contributed by atoms with Crippen molar-refractivity contribution in [1.29, 1.82) is 0 Å². The van der Waals surface area contributed by atoms with E-state index in [2.05, 4.69) is 10.6 Å². The summed E-state index contributed by atoms with van der Waals surface area (Å²) in [4.78, 5) is 23.5. The molecule has 0 aromatic heterocycles. The van der Waals surface area contributed by atoms with Crippen LogP contribution < -0.4 is 16.4 Å². The normalized spacial score (nSPS) is 19.3. The second kappa shape index (κ2) is 7.39. The van der Waals surface area contributed by atoms with Crippen LogP contribution in [0.3, 0.4) is 0 Å². The van der Waals surface area contributed by atoms with E-state index in [0.717, 1.165) is 0 Å². The van der Waals surface area contributed by atoms with Crippen molar-refractivity contribution in [3.8, 4) is 11.1 Å². The van der Waals surface area contributed by atoms with Gasteiger partial charge in [0.25, 0.3) is 0 Å². The van der Waals surface area contributed by atoms with Crippen LogP contribution >= 0.6 is 11.6 Å². The number of benzene rings is 2. The number of nitrogens with two attached hydrogens (primary N) is 1. The van der Waals surface area contributed by atoms with Gasteiger partial charge >= 0.3 is 0 Å². The molecule has 0 saturated carbocycles. The van der Waals surface area contributed by atoms with Gasteiger partial charge in [-0.05, 0) is 24.3 Å². The Morgan fingerprint density at radius 2 is 2.00 bits per heavy atom. The number of carbonyl (C=O) groups is 2. The number of amides is 2. The fraction of sp³-hybridized carbons (Fsp3) is 0.222. The third kappa shape index (κ3) is 3.68. The zero-order valence-electron chi connectivity index (χ0n) is 13.6. The molecule has 2 amide bonds. The van der Waals surface area contributed by atoms with Crippen LogP contribution in [0.1, 0.15) is 16.8 Å². The van der Waals surface area contributed by atoms with Crippen LogP contribution in [0.15, 0.2) is 36.4 Å². The molecule has 2 atom stereocenters. The van der Waals surface area contributed by atoms with Gasteiger partial charge in [0.15, 0.2) is 5.82 Å². The average Bonchev–Trinajstić information content (AvgIpc) is 3.04. The van der Waals surface area contributed by atoms with E-state index in [1.54, 1.807) is 6.07 Å². The van der Waals surface area contributed by atoms with E-state index in [1.165, 1.54) is 30.3 Å². The number of anilines is 1. The molecule has 5 nitrogen and oxygen atoms in total. The van der Waals surface area contributed by atoms with E-state index < -0.39 is 29.8 Å². The zero-order chi connectivity index (χ0) is 18.8. The second-order valence-corrected chi connectivity index (χ2v) is 6.42. The summed E-state index contributed by atoms with van der Waals surface area (Å²) < 4.78 is 28.1. The molecule has 4 N–H and O–H groups in total. The maximum Gasteiger partial charge on any atom is 0.248 e. The van der Waals surface area contributed by atoms with Crippen LogP contribution in [0.4, 0.5) is 14.5 Å². The number of rotatable bonds is 4. The minimum absolute atomic E-state index is 0.0413. The minimum Gasteiger partial charge on any atom is -0.366 e. The van der Waals surface area contributed by atoms with Crippen molar-refractivity contribution in [1.82, 2.24) is 5.32 Å². The maximum atomic E-state index is 14.9. The van der Waals surface area contributed by atoms with Crippen LogP contribution in [0.5, 0.6) is 0 Å². The first-order valence-electron chi connectivity index (χ1n) is 7.93. The highest BCUT2D eigenvalue weighted by molar-refractivity contribution is 6.33. The fourth-order valence-electron chi connectivity index (χ4n) is 2.83. The smallest absolute Gasteiger partial charge is 0.248 e. The number of primary amides is 1. The van der Waals surface area contributed by atoms with Gasteiger partial charge in [-0.1, -0.05) is 23.7 Å². The molecule has 1 fully saturated rings. The molecule has 26 heavy (non-hydrogen) atoms. The lowest BCUT2D eigenvalue weighted by molar-refractivity contribution is -0.117. The van der Waals surface area contributed by atoms with Crippen molar-refractivity contribution in [2.45, 2.75) is 18.6 Å². The van der Waals surface area contributed by atoms with Crippen molar-refractivity contribution in [3.05, 3.63) is 52.8 Å². The molecular weight excluding hydrogens is 364 g/mol. The van der Waals surface area contributed by atoms with Gasteiger partial charge < -0.3 is 16.4 Å². The number of carbonyl (C=O) groups excluding carboxylic acids is 2. The monoisotopic (exact) mass is 379 g/mol. The van der Waals surface area contributed by atoms with E-state index in [1.807, 2.05) is 0 Å².